The normalized spacial score (nSPS) is 10.7. The summed E-state index contributed by atoms with van der Waals surface area (Å²) in [6, 6.07) is 9.29. The molecule has 0 amide bonds. The van der Waals surface area contributed by atoms with E-state index < -0.39 is 12.1 Å². The Balaban J connectivity index is 0.00000338. The number of ether oxygens (including phenoxy) is 4. The summed E-state index contributed by atoms with van der Waals surface area (Å²) >= 11 is 0. The smallest absolute Gasteiger partial charge is 0.497 e. The first-order valence-electron chi connectivity index (χ1n) is 7.32. The minimum Gasteiger partial charge on any atom is -0.497 e. The van der Waals surface area contributed by atoms with Crippen LogP contribution in [0.5, 0.6) is 23.0 Å². The molecule has 0 bridgehead atoms. The lowest BCUT2D eigenvalue weighted by molar-refractivity contribution is -0.275. The van der Waals surface area contributed by atoms with Crippen LogP contribution in [0.3, 0.4) is 0 Å². The molecule has 0 aromatic heterocycles. The van der Waals surface area contributed by atoms with E-state index in [1.54, 1.807) is 18.2 Å². The van der Waals surface area contributed by atoms with Crippen LogP contribution in [-0.2, 0) is 0 Å². The predicted octanol–water partition coefficient (Wildman–Crippen LogP) is 4.03. The topological polar surface area (TPSA) is 62.9 Å². The van der Waals surface area contributed by atoms with Gasteiger partial charge in [-0.25, -0.2) is 0 Å². The van der Waals surface area contributed by atoms with Crippen molar-refractivity contribution in [3.8, 4) is 34.1 Å². The van der Waals surface area contributed by atoms with Crippen LogP contribution in [0.15, 0.2) is 36.4 Å². The average Bonchev–Trinajstić information content (AvgIpc) is 2.59. The molecule has 0 aliphatic carbocycles. The summed E-state index contributed by atoms with van der Waals surface area (Å²) < 4.78 is 57.3. The lowest BCUT2D eigenvalue weighted by atomic mass is 10.0. The van der Waals surface area contributed by atoms with Gasteiger partial charge in [-0.3, -0.25) is 0 Å². The number of hydrogen-bond acceptors (Lipinski definition) is 5. The molecule has 0 fully saturated rings. The van der Waals surface area contributed by atoms with Crippen LogP contribution < -0.4 is 24.7 Å². The lowest BCUT2D eigenvalue weighted by Gasteiger charge is -2.15. The van der Waals surface area contributed by atoms with Gasteiger partial charge in [-0.15, -0.1) is 25.6 Å². The van der Waals surface area contributed by atoms with Crippen molar-refractivity contribution in [2.45, 2.75) is 6.36 Å². The Bertz CT molecular complexity index is 703. The van der Waals surface area contributed by atoms with Crippen LogP contribution in [0, 0.1) is 0 Å². The summed E-state index contributed by atoms with van der Waals surface area (Å²) in [6.45, 7) is 0.210. The molecule has 0 heterocycles. The fourth-order valence-electron chi connectivity index (χ4n) is 2.15. The number of rotatable bonds is 7. The van der Waals surface area contributed by atoms with Gasteiger partial charge in [-0.05, 0) is 35.4 Å². The van der Waals surface area contributed by atoms with Gasteiger partial charge in [0, 0.05) is 12.6 Å². The molecule has 26 heavy (non-hydrogen) atoms. The molecule has 0 aliphatic heterocycles. The molecule has 0 unspecified atom stereocenters. The fraction of sp³-hybridized carbons (Fsp3) is 0.294. The summed E-state index contributed by atoms with van der Waals surface area (Å²) in [7, 11) is 3.02. The van der Waals surface area contributed by atoms with E-state index in [-0.39, 0.29) is 31.3 Å². The molecule has 9 heteroatoms. The molecule has 2 rings (SSSR count). The van der Waals surface area contributed by atoms with Gasteiger partial charge in [0.15, 0.2) is 11.5 Å². The van der Waals surface area contributed by atoms with Crippen molar-refractivity contribution in [2.24, 2.45) is 5.73 Å². The van der Waals surface area contributed by atoms with E-state index >= 15 is 0 Å². The fourth-order valence-corrected chi connectivity index (χ4v) is 2.15. The van der Waals surface area contributed by atoms with Crippen molar-refractivity contribution in [3.05, 3.63) is 36.4 Å². The Labute approximate surface area is 155 Å². The van der Waals surface area contributed by atoms with Gasteiger partial charge in [0.1, 0.15) is 18.1 Å². The van der Waals surface area contributed by atoms with Gasteiger partial charge < -0.3 is 24.7 Å². The zero-order valence-corrected chi connectivity index (χ0v) is 14.9. The van der Waals surface area contributed by atoms with Crippen LogP contribution in [-0.4, -0.2) is 33.7 Å². The molecule has 144 valence electrons. The van der Waals surface area contributed by atoms with E-state index in [0.717, 1.165) is 0 Å². The quantitative estimate of drug-likeness (QED) is 0.769. The lowest BCUT2D eigenvalue weighted by Crippen LogP contribution is -2.18. The Hall–Kier alpha value is -2.32. The van der Waals surface area contributed by atoms with Gasteiger partial charge in [0.25, 0.3) is 0 Å². The van der Waals surface area contributed by atoms with Crippen LogP contribution >= 0.6 is 12.4 Å². The third-order valence-electron chi connectivity index (χ3n) is 3.23. The first-order valence-corrected chi connectivity index (χ1v) is 7.32. The van der Waals surface area contributed by atoms with Gasteiger partial charge in [-0.2, -0.15) is 0 Å². The Morgan fingerprint density at radius 3 is 2.00 bits per heavy atom. The molecule has 0 aliphatic rings. The number of benzene rings is 2. The van der Waals surface area contributed by atoms with Gasteiger partial charge >= 0.3 is 6.36 Å². The highest BCUT2D eigenvalue weighted by Gasteiger charge is 2.32. The zero-order chi connectivity index (χ0) is 18.4. The molecular formula is C17H19ClF3NO4. The van der Waals surface area contributed by atoms with E-state index in [2.05, 4.69) is 4.74 Å². The third kappa shape index (κ3) is 5.89. The molecule has 2 aromatic rings. The number of methoxy groups -OCH3 is 2. The maximum atomic E-state index is 12.5. The van der Waals surface area contributed by atoms with Crippen molar-refractivity contribution in [1.82, 2.24) is 0 Å². The van der Waals surface area contributed by atoms with Crippen LogP contribution in [0.4, 0.5) is 13.2 Å². The van der Waals surface area contributed by atoms with Crippen molar-refractivity contribution in [1.29, 1.82) is 0 Å². The van der Waals surface area contributed by atoms with Crippen molar-refractivity contribution in [2.75, 3.05) is 27.4 Å². The first kappa shape index (κ1) is 21.7. The average molecular weight is 394 g/mol. The SMILES string of the molecule is COc1cc(OC)cc(-c2ccc(OC(F)(F)F)c(OCCN)c2)c1.Cl. The van der Waals surface area contributed by atoms with Crippen LogP contribution in [0.2, 0.25) is 0 Å². The van der Waals surface area contributed by atoms with Gasteiger partial charge in [0.2, 0.25) is 0 Å². The monoisotopic (exact) mass is 393 g/mol. The summed E-state index contributed by atoms with van der Waals surface area (Å²) in [6.07, 6.45) is -4.82. The molecule has 0 atom stereocenters. The van der Waals surface area contributed by atoms with E-state index in [0.29, 0.717) is 22.6 Å². The zero-order valence-electron chi connectivity index (χ0n) is 14.1. The standard InChI is InChI=1S/C17H18F3NO4.ClH/c1-22-13-7-12(8-14(10-13)23-2)11-3-4-15(25-17(18,19)20)16(9-11)24-6-5-21;/h3-4,7-10H,5-6,21H2,1-2H3;1H. The molecule has 0 saturated heterocycles. The molecular weight excluding hydrogens is 375 g/mol. The third-order valence-corrected chi connectivity index (χ3v) is 3.23. The minimum absolute atomic E-state index is 0. The molecule has 0 radical (unpaired) electrons. The van der Waals surface area contributed by atoms with E-state index in [9.17, 15) is 13.2 Å². The van der Waals surface area contributed by atoms with E-state index in [1.807, 2.05) is 0 Å². The Kier molecular flexibility index (Phi) is 7.85. The van der Waals surface area contributed by atoms with Crippen LogP contribution in [0.25, 0.3) is 11.1 Å². The minimum atomic E-state index is -4.82. The molecule has 0 saturated carbocycles. The second kappa shape index (κ2) is 9.40. The van der Waals surface area contributed by atoms with Crippen molar-refractivity contribution >= 4 is 12.4 Å². The van der Waals surface area contributed by atoms with Crippen molar-refractivity contribution in [3.63, 3.8) is 0 Å². The summed E-state index contributed by atoms with van der Waals surface area (Å²) in [5.74, 6) is 0.616. The first-order chi connectivity index (χ1) is 11.9. The summed E-state index contributed by atoms with van der Waals surface area (Å²) in [5, 5.41) is 0. The maximum Gasteiger partial charge on any atom is 0.573 e. The number of hydrogen-bond donors (Lipinski definition) is 1. The molecule has 2 N–H and O–H groups in total. The van der Waals surface area contributed by atoms with E-state index in [4.69, 9.17) is 19.9 Å². The highest BCUT2D eigenvalue weighted by atomic mass is 35.5. The number of halogens is 4. The Morgan fingerprint density at radius 1 is 0.885 bits per heavy atom. The summed E-state index contributed by atoms with van der Waals surface area (Å²) in [4.78, 5) is 0. The second-order valence-corrected chi connectivity index (χ2v) is 4.95. The highest BCUT2D eigenvalue weighted by Crippen LogP contribution is 2.37. The number of nitrogens with two attached hydrogens (primary N) is 1. The molecule has 5 nitrogen and oxygen atoms in total. The number of alkyl halides is 3. The van der Waals surface area contributed by atoms with E-state index in [1.165, 1.54) is 32.4 Å². The largest absolute Gasteiger partial charge is 0.573 e. The van der Waals surface area contributed by atoms with Crippen molar-refractivity contribution < 1.29 is 32.1 Å². The van der Waals surface area contributed by atoms with Gasteiger partial charge in [0.05, 0.1) is 14.2 Å². The summed E-state index contributed by atoms with van der Waals surface area (Å²) in [5.41, 5.74) is 6.65. The molecule has 0 spiro atoms. The second-order valence-electron chi connectivity index (χ2n) is 4.95. The Morgan fingerprint density at radius 2 is 1.50 bits per heavy atom. The molecule has 2 aromatic carbocycles. The van der Waals surface area contributed by atoms with Crippen LogP contribution in [0.1, 0.15) is 0 Å². The van der Waals surface area contributed by atoms with Gasteiger partial charge in [-0.1, -0.05) is 6.07 Å². The maximum absolute atomic E-state index is 12.5. The highest BCUT2D eigenvalue weighted by molar-refractivity contribution is 5.85. The predicted molar refractivity (Wildman–Crippen MR) is 93.5 cm³/mol.